The summed E-state index contributed by atoms with van der Waals surface area (Å²) in [5.74, 6) is 1.59. The number of fused-ring (bicyclic) bond motifs is 2. The van der Waals surface area contributed by atoms with E-state index >= 15 is 0 Å². The standard InChI is InChI=1S/C30H29N3O3S/c1-21-6-8-22(9-7-21)15-32(16-23-10-11-27-28(14-23)36-20-35-27)18-29-31-26(19-37-29)30(34)33-13-12-24-4-2-3-5-25(24)17-33/h2-11,14,19H,12-13,15-18,20H2,1H3. The van der Waals surface area contributed by atoms with Gasteiger partial charge in [-0.2, -0.15) is 0 Å². The molecule has 37 heavy (non-hydrogen) atoms. The van der Waals surface area contributed by atoms with E-state index in [0.717, 1.165) is 48.1 Å². The van der Waals surface area contributed by atoms with Crippen molar-refractivity contribution in [3.63, 3.8) is 0 Å². The van der Waals surface area contributed by atoms with Crippen molar-refractivity contribution in [2.75, 3.05) is 13.3 Å². The van der Waals surface area contributed by atoms with Crippen molar-refractivity contribution in [2.45, 2.75) is 39.5 Å². The van der Waals surface area contributed by atoms with E-state index in [9.17, 15) is 4.79 Å². The van der Waals surface area contributed by atoms with Crippen molar-refractivity contribution in [2.24, 2.45) is 0 Å². The lowest BCUT2D eigenvalue weighted by Crippen LogP contribution is -2.36. The number of hydrogen-bond acceptors (Lipinski definition) is 6. The molecule has 6 rings (SSSR count). The lowest BCUT2D eigenvalue weighted by molar-refractivity contribution is 0.0729. The van der Waals surface area contributed by atoms with Crippen LogP contribution in [0.1, 0.15) is 43.3 Å². The Morgan fingerprint density at radius 2 is 1.70 bits per heavy atom. The van der Waals surface area contributed by atoms with Crippen LogP contribution in [0.25, 0.3) is 0 Å². The van der Waals surface area contributed by atoms with Crippen molar-refractivity contribution in [1.82, 2.24) is 14.8 Å². The molecule has 2 aliphatic heterocycles. The van der Waals surface area contributed by atoms with Crippen LogP contribution in [-0.4, -0.2) is 34.0 Å². The van der Waals surface area contributed by atoms with Crippen molar-refractivity contribution in [3.8, 4) is 11.5 Å². The van der Waals surface area contributed by atoms with Gasteiger partial charge in [0.2, 0.25) is 6.79 Å². The second-order valence-corrected chi connectivity index (χ2v) is 10.6. The number of aryl methyl sites for hydroxylation is 1. The summed E-state index contributed by atoms with van der Waals surface area (Å²) in [5.41, 5.74) is 6.74. The van der Waals surface area contributed by atoms with Crippen LogP contribution in [0.3, 0.4) is 0 Å². The molecule has 2 aliphatic rings. The predicted molar refractivity (Wildman–Crippen MR) is 144 cm³/mol. The fourth-order valence-electron chi connectivity index (χ4n) is 4.92. The van der Waals surface area contributed by atoms with E-state index in [1.165, 1.54) is 22.3 Å². The normalized spacial score (nSPS) is 14.2. The number of rotatable bonds is 7. The van der Waals surface area contributed by atoms with Crippen LogP contribution < -0.4 is 9.47 Å². The zero-order valence-corrected chi connectivity index (χ0v) is 21.7. The molecule has 3 heterocycles. The van der Waals surface area contributed by atoms with Crippen LogP contribution in [-0.2, 0) is 32.6 Å². The number of carbonyl (C=O) groups is 1. The smallest absolute Gasteiger partial charge is 0.273 e. The first kappa shape index (κ1) is 23.7. The first-order chi connectivity index (χ1) is 18.1. The maximum absolute atomic E-state index is 13.3. The fourth-order valence-corrected chi connectivity index (χ4v) is 5.73. The molecule has 0 spiro atoms. The number of aromatic nitrogens is 1. The van der Waals surface area contributed by atoms with Crippen LogP contribution in [0.2, 0.25) is 0 Å². The maximum atomic E-state index is 13.3. The molecule has 0 saturated heterocycles. The average Bonchev–Trinajstić information content (AvgIpc) is 3.59. The molecule has 0 fully saturated rings. The monoisotopic (exact) mass is 511 g/mol. The molecule has 0 saturated carbocycles. The molecule has 188 valence electrons. The minimum Gasteiger partial charge on any atom is -0.454 e. The number of thiazole rings is 1. The maximum Gasteiger partial charge on any atom is 0.273 e. The highest BCUT2D eigenvalue weighted by Crippen LogP contribution is 2.33. The van der Waals surface area contributed by atoms with Crippen LogP contribution >= 0.6 is 11.3 Å². The summed E-state index contributed by atoms with van der Waals surface area (Å²) < 4.78 is 11.1. The summed E-state index contributed by atoms with van der Waals surface area (Å²) in [6.07, 6.45) is 0.888. The van der Waals surface area contributed by atoms with E-state index in [1.54, 1.807) is 11.3 Å². The van der Waals surface area contributed by atoms with E-state index in [1.807, 2.05) is 22.4 Å². The molecule has 3 aromatic carbocycles. The van der Waals surface area contributed by atoms with Crippen LogP contribution in [0.15, 0.2) is 72.1 Å². The van der Waals surface area contributed by atoms with E-state index < -0.39 is 0 Å². The SMILES string of the molecule is Cc1ccc(CN(Cc2ccc3c(c2)OCO3)Cc2nc(C(=O)N3CCc4ccccc4C3)cs2)cc1. The molecule has 0 atom stereocenters. The third-order valence-corrected chi connectivity index (χ3v) is 7.75. The van der Waals surface area contributed by atoms with Gasteiger partial charge in [0, 0.05) is 31.6 Å². The topological polar surface area (TPSA) is 54.9 Å². The molecule has 0 unspecified atom stereocenters. The molecular weight excluding hydrogens is 482 g/mol. The molecule has 6 nitrogen and oxygen atoms in total. The first-order valence-corrected chi connectivity index (χ1v) is 13.5. The second kappa shape index (κ2) is 10.4. The van der Waals surface area contributed by atoms with Crippen LogP contribution in [0.4, 0.5) is 0 Å². The summed E-state index contributed by atoms with van der Waals surface area (Å²) >= 11 is 1.55. The van der Waals surface area contributed by atoms with Gasteiger partial charge in [0.25, 0.3) is 5.91 Å². The molecule has 1 aromatic heterocycles. The number of carbonyl (C=O) groups excluding carboxylic acids is 1. The Bertz CT molecular complexity index is 1420. The third kappa shape index (κ3) is 5.38. The first-order valence-electron chi connectivity index (χ1n) is 12.6. The Hall–Kier alpha value is -3.68. The number of benzene rings is 3. The van der Waals surface area contributed by atoms with Gasteiger partial charge in [0.05, 0.1) is 6.54 Å². The minimum absolute atomic E-state index is 0.0119. The highest BCUT2D eigenvalue weighted by Gasteiger charge is 2.24. The second-order valence-electron chi connectivity index (χ2n) is 9.69. The average molecular weight is 512 g/mol. The van der Waals surface area contributed by atoms with Crippen molar-refractivity contribution < 1.29 is 14.3 Å². The fraction of sp³-hybridized carbons (Fsp3) is 0.267. The van der Waals surface area contributed by atoms with E-state index in [-0.39, 0.29) is 12.7 Å². The van der Waals surface area contributed by atoms with Gasteiger partial charge in [-0.15, -0.1) is 11.3 Å². The molecule has 0 radical (unpaired) electrons. The summed E-state index contributed by atoms with van der Waals surface area (Å²) in [5, 5.41) is 2.84. The molecule has 0 bridgehead atoms. The lowest BCUT2D eigenvalue weighted by Gasteiger charge is -2.28. The number of hydrogen-bond donors (Lipinski definition) is 0. The number of amides is 1. The minimum atomic E-state index is 0.0119. The van der Waals surface area contributed by atoms with Gasteiger partial charge in [0.1, 0.15) is 10.7 Å². The molecule has 0 aliphatic carbocycles. The molecule has 0 N–H and O–H groups in total. The van der Waals surface area contributed by atoms with E-state index in [4.69, 9.17) is 14.5 Å². The van der Waals surface area contributed by atoms with Gasteiger partial charge in [-0.25, -0.2) is 4.98 Å². The Morgan fingerprint density at radius 3 is 2.57 bits per heavy atom. The summed E-state index contributed by atoms with van der Waals surface area (Å²) in [7, 11) is 0. The van der Waals surface area contributed by atoms with E-state index in [0.29, 0.717) is 18.8 Å². The summed E-state index contributed by atoms with van der Waals surface area (Å²) in [6, 6.07) is 23.1. The van der Waals surface area contributed by atoms with E-state index in [2.05, 4.69) is 66.4 Å². The summed E-state index contributed by atoms with van der Waals surface area (Å²) in [4.78, 5) is 22.3. The molecule has 1 amide bonds. The summed E-state index contributed by atoms with van der Waals surface area (Å²) in [6.45, 7) is 5.91. The van der Waals surface area contributed by atoms with Crippen molar-refractivity contribution in [3.05, 3.63) is 111 Å². The number of ether oxygens (including phenoxy) is 2. The van der Waals surface area contributed by atoms with Crippen LogP contribution in [0.5, 0.6) is 11.5 Å². The van der Waals surface area contributed by atoms with Crippen molar-refractivity contribution in [1.29, 1.82) is 0 Å². The van der Waals surface area contributed by atoms with Gasteiger partial charge >= 0.3 is 0 Å². The largest absolute Gasteiger partial charge is 0.454 e. The Kier molecular flexibility index (Phi) is 6.64. The molecule has 4 aromatic rings. The van der Waals surface area contributed by atoms with Gasteiger partial charge in [-0.1, -0.05) is 60.2 Å². The van der Waals surface area contributed by atoms with Gasteiger partial charge < -0.3 is 14.4 Å². The molecule has 7 heteroatoms. The number of nitrogens with zero attached hydrogens (tertiary/aromatic N) is 3. The Morgan fingerprint density at radius 1 is 0.946 bits per heavy atom. The Balaban J connectivity index is 1.18. The van der Waals surface area contributed by atoms with Crippen molar-refractivity contribution >= 4 is 17.2 Å². The van der Waals surface area contributed by atoms with Crippen LogP contribution in [0, 0.1) is 6.92 Å². The van der Waals surface area contributed by atoms with Gasteiger partial charge in [-0.3, -0.25) is 9.69 Å². The molecular formula is C30H29N3O3S. The zero-order valence-electron chi connectivity index (χ0n) is 20.9. The third-order valence-electron chi connectivity index (χ3n) is 6.92. The van der Waals surface area contributed by atoms with Gasteiger partial charge in [0.15, 0.2) is 11.5 Å². The highest BCUT2D eigenvalue weighted by molar-refractivity contribution is 7.09. The zero-order chi connectivity index (χ0) is 25.2. The highest BCUT2D eigenvalue weighted by atomic mass is 32.1. The van der Waals surface area contributed by atoms with Gasteiger partial charge in [-0.05, 0) is 47.7 Å². The lowest BCUT2D eigenvalue weighted by atomic mass is 10.00. The Labute approximate surface area is 221 Å². The quantitative estimate of drug-likeness (QED) is 0.324. The predicted octanol–water partition coefficient (Wildman–Crippen LogP) is 5.58.